The van der Waals surface area contributed by atoms with E-state index in [9.17, 15) is 4.39 Å². The zero-order valence-electron chi connectivity index (χ0n) is 12.0. The number of nitrogens with one attached hydrogen (secondary N) is 2. The molecule has 0 radical (unpaired) electrons. The van der Waals surface area contributed by atoms with Gasteiger partial charge in [0.15, 0.2) is 0 Å². The monoisotopic (exact) mass is 275 g/mol. The summed E-state index contributed by atoms with van der Waals surface area (Å²) in [6.45, 7) is 9.36. The summed E-state index contributed by atoms with van der Waals surface area (Å²) in [5.41, 5.74) is 3.79. The first-order chi connectivity index (χ1) is 9.63. The topological polar surface area (TPSA) is 27.3 Å². The molecule has 2 heterocycles. The Morgan fingerprint density at radius 1 is 1.45 bits per heavy atom. The van der Waals surface area contributed by atoms with Crippen LogP contribution in [0.15, 0.2) is 24.4 Å². The molecule has 20 heavy (non-hydrogen) atoms. The molecule has 0 amide bonds. The van der Waals surface area contributed by atoms with E-state index in [4.69, 9.17) is 0 Å². The molecule has 0 aliphatic carbocycles. The van der Waals surface area contributed by atoms with E-state index in [0.29, 0.717) is 24.8 Å². The molecule has 1 aromatic carbocycles. The Labute approximate surface area is 119 Å². The Hall–Kier alpha value is -1.55. The molecule has 2 N–H and O–H groups in total. The minimum absolute atomic E-state index is 0.109. The second kappa shape index (κ2) is 5.44. The lowest BCUT2D eigenvalue weighted by molar-refractivity contribution is 0.572. The van der Waals surface area contributed by atoms with Gasteiger partial charge >= 0.3 is 0 Å². The molecule has 2 saturated heterocycles. The molecule has 4 heteroatoms. The van der Waals surface area contributed by atoms with Crippen LogP contribution >= 0.6 is 0 Å². The summed E-state index contributed by atoms with van der Waals surface area (Å²) in [5, 5.41) is 6.52. The lowest BCUT2D eigenvalue weighted by atomic mass is 9.96. The van der Waals surface area contributed by atoms with Crippen LogP contribution in [0.1, 0.15) is 17.5 Å². The van der Waals surface area contributed by atoms with Crippen molar-refractivity contribution in [2.75, 3.05) is 31.2 Å². The molecular weight excluding hydrogens is 253 g/mol. The van der Waals surface area contributed by atoms with Gasteiger partial charge in [-0.15, -0.1) is 0 Å². The summed E-state index contributed by atoms with van der Waals surface area (Å²) in [4.78, 5) is 2.01. The molecule has 1 aromatic rings. The average molecular weight is 275 g/mol. The lowest BCUT2D eigenvalue weighted by Gasteiger charge is -2.21. The van der Waals surface area contributed by atoms with Crippen LogP contribution in [0, 0.1) is 18.7 Å². The summed E-state index contributed by atoms with van der Waals surface area (Å²) in [7, 11) is 0. The molecule has 2 fully saturated rings. The summed E-state index contributed by atoms with van der Waals surface area (Å²) in [6.07, 6.45) is 2.16. The van der Waals surface area contributed by atoms with E-state index in [2.05, 4.69) is 23.3 Å². The average Bonchev–Trinajstić information content (AvgIpc) is 3.00. The summed E-state index contributed by atoms with van der Waals surface area (Å²) < 4.78 is 14.4. The fraction of sp³-hybridized carbons (Fsp3) is 0.500. The first kappa shape index (κ1) is 13.4. The molecule has 0 bridgehead atoms. The molecule has 0 saturated carbocycles. The molecule has 1 unspecified atom stereocenters. The van der Waals surface area contributed by atoms with E-state index >= 15 is 0 Å². The number of benzene rings is 1. The van der Waals surface area contributed by atoms with E-state index in [0.717, 1.165) is 36.3 Å². The van der Waals surface area contributed by atoms with Crippen molar-refractivity contribution in [3.63, 3.8) is 0 Å². The maximum atomic E-state index is 14.4. The highest BCUT2D eigenvalue weighted by molar-refractivity contribution is 5.57. The van der Waals surface area contributed by atoms with Gasteiger partial charge in [-0.05, 0) is 56.0 Å². The van der Waals surface area contributed by atoms with E-state index in [-0.39, 0.29) is 5.82 Å². The van der Waals surface area contributed by atoms with Gasteiger partial charge in [-0.25, -0.2) is 4.39 Å². The van der Waals surface area contributed by atoms with Crippen molar-refractivity contribution in [3.8, 4) is 0 Å². The van der Waals surface area contributed by atoms with Gasteiger partial charge in [-0.2, -0.15) is 0 Å². The van der Waals surface area contributed by atoms with Crippen molar-refractivity contribution in [2.24, 2.45) is 5.92 Å². The predicted octanol–water partition coefficient (Wildman–Crippen LogP) is 2.17. The van der Waals surface area contributed by atoms with Gasteiger partial charge in [0, 0.05) is 5.70 Å². The van der Waals surface area contributed by atoms with Crippen molar-refractivity contribution in [1.29, 1.82) is 0 Å². The third-order valence-electron chi connectivity index (χ3n) is 4.22. The van der Waals surface area contributed by atoms with Crippen LogP contribution in [-0.4, -0.2) is 26.3 Å². The molecule has 0 spiro atoms. The van der Waals surface area contributed by atoms with E-state index in [1.807, 2.05) is 11.8 Å². The molecule has 0 aromatic heterocycles. The Kier molecular flexibility index (Phi) is 3.66. The second-order valence-electron chi connectivity index (χ2n) is 5.94. The van der Waals surface area contributed by atoms with E-state index in [1.54, 1.807) is 6.07 Å². The molecule has 108 valence electrons. The lowest BCUT2D eigenvalue weighted by Crippen LogP contribution is -2.23. The normalized spacial score (nSPS) is 22.4. The summed E-state index contributed by atoms with van der Waals surface area (Å²) in [6, 6.07) is 3.85. The number of nitrogens with zero attached hydrogens (tertiary/aromatic N) is 1. The van der Waals surface area contributed by atoms with Gasteiger partial charge < -0.3 is 15.5 Å². The van der Waals surface area contributed by atoms with Gasteiger partial charge in [0.05, 0.1) is 18.9 Å². The fourth-order valence-electron chi connectivity index (χ4n) is 3.26. The Morgan fingerprint density at radius 3 is 2.90 bits per heavy atom. The Balaban J connectivity index is 1.80. The standard InChI is InChI=1S/C16H22FN3/c1-11-5-14(6-13-3-4-18-8-13)7-15(17)16(11)20-9-12(2)19-10-20/h5,7,13,18-19H,2-4,6,8-10H2,1H3. The number of hydrogen-bond donors (Lipinski definition) is 2. The maximum absolute atomic E-state index is 14.4. The quantitative estimate of drug-likeness (QED) is 0.885. The van der Waals surface area contributed by atoms with Crippen LogP contribution in [0.3, 0.4) is 0 Å². The molecule has 3 rings (SSSR count). The van der Waals surface area contributed by atoms with Crippen LogP contribution < -0.4 is 15.5 Å². The molecule has 3 nitrogen and oxygen atoms in total. The van der Waals surface area contributed by atoms with Gasteiger partial charge in [0.1, 0.15) is 5.82 Å². The highest BCUT2D eigenvalue weighted by Crippen LogP contribution is 2.28. The van der Waals surface area contributed by atoms with Crippen molar-refractivity contribution in [2.45, 2.75) is 19.8 Å². The third-order valence-corrected chi connectivity index (χ3v) is 4.22. The number of aryl methyl sites for hydroxylation is 1. The highest BCUT2D eigenvalue weighted by atomic mass is 19.1. The Morgan fingerprint density at radius 2 is 2.30 bits per heavy atom. The van der Waals surface area contributed by atoms with Crippen LogP contribution in [0.2, 0.25) is 0 Å². The van der Waals surface area contributed by atoms with Crippen molar-refractivity contribution < 1.29 is 4.39 Å². The largest absolute Gasteiger partial charge is 0.370 e. The molecule has 2 aliphatic heterocycles. The van der Waals surface area contributed by atoms with Crippen molar-refractivity contribution >= 4 is 5.69 Å². The first-order valence-electron chi connectivity index (χ1n) is 7.30. The number of anilines is 1. The number of halogens is 1. The number of rotatable bonds is 3. The van der Waals surface area contributed by atoms with Crippen LogP contribution in [0.25, 0.3) is 0 Å². The second-order valence-corrected chi connectivity index (χ2v) is 5.94. The minimum Gasteiger partial charge on any atom is -0.370 e. The van der Waals surface area contributed by atoms with Crippen LogP contribution in [0.5, 0.6) is 0 Å². The first-order valence-corrected chi connectivity index (χ1v) is 7.30. The molecular formula is C16H22FN3. The van der Waals surface area contributed by atoms with Gasteiger partial charge in [-0.1, -0.05) is 12.6 Å². The molecule has 2 aliphatic rings. The maximum Gasteiger partial charge on any atom is 0.147 e. The van der Waals surface area contributed by atoms with Gasteiger partial charge in [0.2, 0.25) is 0 Å². The van der Waals surface area contributed by atoms with E-state index < -0.39 is 0 Å². The van der Waals surface area contributed by atoms with Gasteiger partial charge in [-0.3, -0.25) is 0 Å². The molecule has 1 atom stereocenters. The third kappa shape index (κ3) is 2.66. The highest BCUT2D eigenvalue weighted by Gasteiger charge is 2.21. The van der Waals surface area contributed by atoms with Crippen LogP contribution in [-0.2, 0) is 6.42 Å². The SMILES string of the molecule is C=C1CN(c2c(C)cc(CC3CCNC3)cc2F)CN1. The summed E-state index contributed by atoms with van der Waals surface area (Å²) in [5.74, 6) is 0.537. The van der Waals surface area contributed by atoms with Gasteiger partial charge in [0.25, 0.3) is 0 Å². The van der Waals surface area contributed by atoms with Crippen LogP contribution in [0.4, 0.5) is 10.1 Å². The fourth-order valence-corrected chi connectivity index (χ4v) is 3.26. The van der Waals surface area contributed by atoms with E-state index in [1.165, 1.54) is 6.42 Å². The smallest absolute Gasteiger partial charge is 0.147 e. The Bertz CT molecular complexity index is 497. The predicted molar refractivity (Wildman–Crippen MR) is 80.3 cm³/mol. The zero-order valence-corrected chi connectivity index (χ0v) is 12.0. The van der Waals surface area contributed by atoms with Crippen molar-refractivity contribution in [1.82, 2.24) is 10.6 Å². The summed E-state index contributed by atoms with van der Waals surface area (Å²) >= 11 is 0. The minimum atomic E-state index is -0.109. The zero-order chi connectivity index (χ0) is 14.1. The van der Waals surface area contributed by atoms with Crippen molar-refractivity contribution in [3.05, 3.63) is 41.4 Å². The number of hydrogen-bond acceptors (Lipinski definition) is 3.